The van der Waals surface area contributed by atoms with Gasteiger partial charge in [0.05, 0.1) is 6.61 Å². The van der Waals surface area contributed by atoms with Gasteiger partial charge >= 0.3 is 12.0 Å². The van der Waals surface area contributed by atoms with E-state index in [-0.39, 0.29) is 6.03 Å². The predicted molar refractivity (Wildman–Crippen MR) is 77.2 cm³/mol. The molecular weight excluding hydrogens is 276 g/mol. The molecule has 2 N–H and O–H groups in total. The van der Waals surface area contributed by atoms with E-state index in [1.807, 2.05) is 0 Å². The molecule has 2 amide bonds. The maximum absolute atomic E-state index is 12.2. The highest BCUT2D eigenvalue weighted by atomic mass is 16.5. The van der Waals surface area contributed by atoms with E-state index in [1.54, 1.807) is 19.1 Å². The summed E-state index contributed by atoms with van der Waals surface area (Å²) in [5, 5.41) is 11.8. The summed E-state index contributed by atoms with van der Waals surface area (Å²) in [5.41, 5.74) is 0. The molecule has 0 aromatic rings. The zero-order chi connectivity index (χ0) is 15.7. The molecule has 0 spiro atoms. The first-order valence-electron chi connectivity index (χ1n) is 7.34. The van der Waals surface area contributed by atoms with Gasteiger partial charge in [0.2, 0.25) is 0 Å². The highest BCUT2D eigenvalue weighted by Gasteiger charge is 2.27. The average molecular weight is 302 g/mol. The van der Waals surface area contributed by atoms with E-state index in [0.29, 0.717) is 45.1 Å². The van der Waals surface area contributed by atoms with Crippen LogP contribution < -0.4 is 5.32 Å². The number of piperidine rings is 1. The van der Waals surface area contributed by atoms with Crippen LogP contribution in [0.2, 0.25) is 0 Å². The van der Waals surface area contributed by atoms with E-state index < -0.39 is 12.0 Å². The van der Waals surface area contributed by atoms with Gasteiger partial charge in [0.1, 0.15) is 6.04 Å². The Labute approximate surface area is 125 Å². The zero-order valence-corrected chi connectivity index (χ0v) is 12.8. The predicted octanol–water partition coefficient (Wildman–Crippen LogP) is 0.934. The second-order valence-corrected chi connectivity index (χ2v) is 5.38. The summed E-state index contributed by atoms with van der Waals surface area (Å²) in [5.74, 6) is -0.684. The molecule has 0 radical (unpaired) electrons. The summed E-state index contributed by atoms with van der Waals surface area (Å²) < 4.78 is 10.0. The monoisotopic (exact) mass is 302 g/mol. The first-order chi connectivity index (χ1) is 10.1. The lowest BCUT2D eigenvalue weighted by Crippen LogP contribution is -2.51. The van der Waals surface area contributed by atoms with E-state index in [0.717, 1.165) is 12.8 Å². The van der Waals surface area contributed by atoms with Crippen molar-refractivity contribution in [2.24, 2.45) is 5.92 Å². The van der Waals surface area contributed by atoms with E-state index in [1.165, 1.54) is 0 Å². The van der Waals surface area contributed by atoms with Crippen molar-refractivity contribution in [1.29, 1.82) is 0 Å². The van der Waals surface area contributed by atoms with Gasteiger partial charge in [-0.25, -0.2) is 9.59 Å². The zero-order valence-electron chi connectivity index (χ0n) is 12.8. The summed E-state index contributed by atoms with van der Waals surface area (Å²) in [6.07, 6.45) is 2.92. The minimum absolute atomic E-state index is 0.305. The molecule has 0 aromatic carbocycles. The molecule has 0 aliphatic carbocycles. The van der Waals surface area contributed by atoms with Gasteiger partial charge in [-0.1, -0.05) is 0 Å². The van der Waals surface area contributed by atoms with Gasteiger partial charge in [-0.15, -0.1) is 0 Å². The molecule has 1 fully saturated rings. The number of urea groups is 1. The molecule has 2 unspecified atom stereocenters. The third-order valence-electron chi connectivity index (χ3n) is 3.65. The van der Waals surface area contributed by atoms with Crippen LogP contribution in [0.5, 0.6) is 0 Å². The number of nitrogens with zero attached hydrogens (tertiary/aromatic N) is 1. The highest BCUT2D eigenvalue weighted by Crippen LogP contribution is 2.16. The summed E-state index contributed by atoms with van der Waals surface area (Å²) >= 11 is 0. The smallest absolute Gasteiger partial charge is 0.326 e. The van der Waals surface area contributed by atoms with Gasteiger partial charge < -0.3 is 24.8 Å². The van der Waals surface area contributed by atoms with Crippen LogP contribution in [0.3, 0.4) is 0 Å². The molecule has 7 heteroatoms. The van der Waals surface area contributed by atoms with Gasteiger partial charge in [0.25, 0.3) is 0 Å². The second-order valence-electron chi connectivity index (χ2n) is 5.38. The van der Waals surface area contributed by atoms with Crippen molar-refractivity contribution >= 4 is 12.0 Å². The summed E-state index contributed by atoms with van der Waals surface area (Å²) in [6.45, 7) is 2.39. The minimum Gasteiger partial charge on any atom is -0.480 e. The highest BCUT2D eigenvalue weighted by molar-refractivity contribution is 5.82. The number of methoxy groups -OCH3 is 2. The number of amides is 2. The number of aliphatic carboxylic acids is 1. The number of carboxylic acid groups (broad SMARTS) is 1. The first-order valence-corrected chi connectivity index (χ1v) is 7.34. The third-order valence-corrected chi connectivity index (χ3v) is 3.65. The van der Waals surface area contributed by atoms with E-state index in [4.69, 9.17) is 14.6 Å². The molecule has 122 valence electrons. The van der Waals surface area contributed by atoms with Crippen LogP contribution in [-0.4, -0.2) is 68.6 Å². The molecule has 2 atom stereocenters. The second kappa shape index (κ2) is 9.57. The van der Waals surface area contributed by atoms with Gasteiger partial charge in [-0.2, -0.15) is 0 Å². The molecular formula is C14H26N2O5. The lowest BCUT2D eigenvalue weighted by Gasteiger charge is -2.33. The maximum Gasteiger partial charge on any atom is 0.326 e. The number of nitrogens with one attached hydrogen (secondary N) is 1. The van der Waals surface area contributed by atoms with Gasteiger partial charge in [0.15, 0.2) is 0 Å². The average Bonchev–Trinajstić information content (AvgIpc) is 2.46. The number of carboxylic acids is 1. The van der Waals surface area contributed by atoms with E-state index in [9.17, 15) is 9.59 Å². The molecule has 21 heavy (non-hydrogen) atoms. The molecule has 1 saturated heterocycles. The fraction of sp³-hybridized carbons (Fsp3) is 0.857. The molecule has 1 aliphatic heterocycles. The Hall–Kier alpha value is -1.34. The van der Waals surface area contributed by atoms with Crippen LogP contribution >= 0.6 is 0 Å². The van der Waals surface area contributed by atoms with Crippen LogP contribution in [0.4, 0.5) is 4.79 Å². The first kappa shape index (κ1) is 17.7. The summed E-state index contributed by atoms with van der Waals surface area (Å²) in [7, 11) is 3.22. The SMILES string of the molecule is COCCCC(NC(=O)N1CCCC(COC)C1)C(=O)O. The van der Waals surface area contributed by atoms with Crippen molar-refractivity contribution in [3.63, 3.8) is 0 Å². The van der Waals surface area contributed by atoms with Crippen molar-refractivity contribution in [3.8, 4) is 0 Å². The molecule has 0 saturated carbocycles. The van der Waals surface area contributed by atoms with Crippen molar-refractivity contribution in [2.75, 3.05) is 40.5 Å². The number of hydrogen-bond donors (Lipinski definition) is 2. The Morgan fingerprint density at radius 3 is 2.76 bits per heavy atom. The fourth-order valence-electron chi connectivity index (χ4n) is 2.55. The largest absolute Gasteiger partial charge is 0.480 e. The van der Waals surface area contributed by atoms with Crippen LogP contribution in [0.1, 0.15) is 25.7 Å². The quantitative estimate of drug-likeness (QED) is 0.651. The molecule has 7 nitrogen and oxygen atoms in total. The number of carbonyl (C=O) groups is 2. The Morgan fingerprint density at radius 1 is 1.38 bits per heavy atom. The molecule has 0 aromatic heterocycles. The van der Waals surface area contributed by atoms with Crippen molar-refractivity contribution < 1.29 is 24.2 Å². The topological polar surface area (TPSA) is 88.1 Å². The van der Waals surface area contributed by atoms with Crippen LogP contribution in [0, 0.1) is 5.92 Å². The van der Waals surface area contributed by atoms with Gasteiger partial charge in [0, 0.05) is 39.8 Å². The molecule has 0 bridgehead atoms. The lowest BCUT2D eigenvalue weighted by atomic mass is 9.99. The van der Waals surface area contributed by atoms with E-state index in [2.05, 4.69) is 5.32 Å². The Kier molecular flexibility index (Phi) is 8.07. The number of hydrogen-bond acceptors (Lipinski definition) is 4. The number of rotatable bonds is 8. The normalized spacial score (nSPS) is 20.1. The molecule has 1 heterocycles. The van der Waals surface area contributed by atoms with Crippen molar-refractivity contribution in [1.82, 2.24) is 10.2 Å². The maximum atomic E-state index is 12.2. The number of carbonyl (C=O) groups excluding carboxylic acids is 1. The molecule has 1 rings (SSSR count). The Bertz CT molecular complexity index is 335. The van der Waals surface area contributed by atoms with E-state index >= 15 is 0 Å². The minimum atomic E-state index is -1.01. The van der Waals surface area contributed by atoms with Gasteiger partial charge in [-0.3, -0.25) is 0 Å². The third kappa shape index (κ3) is 6.31. The summed E-state index contributed by atoms with van der Waals surface area (Å²) in [6, 6.07) is -1.17. The summed E-state index contributed by atoms with van der Waals surface area (Å²) in [4.78, 5) is 25.0. The van der Waals surface area contributed by atoms with Crippen molar-refractivity contribution in [3.05, 3.63) is 0 Å². The number of ether oxygens (including phenoxy) is 2. The van der Waals surface area contributed by atoms with Crippen LogP contribution in [0.15, 0.2) is 0 Å². The van der Waals surface area contributed by atoms with Crippen molar-refractivity contribution in [2.45, 2.75) is 31.7 Å². The number of likely N-dealkylation sites (tertiary alicyclic amines) is 1. The van der Waals surface area contributed by atoms with Gasteiger partial charge in [-0.05, 0) is 25.7 Å². The van der Waals surface area contributed by atoms with Crippen LogP contribution in [-0.2, 0) is 14.3 Å². The lowest BCUT2D eigenvalue weighted by molar-refractivity contribution is -0.139. The van der Waals surface area contributed by atoms with Crippen LogP contribution in [0.25, 0.3) is 0 Å². The Morgan fingerprint density at radius 2 is 2.14 bits per heavy atom. The Balaban J connectivity index is 2.46. The fourth-order valence-corrected chi connectivity index (χ4v) is 2.55. The molecule has 1 aliphatic rings. The standard InChI is InChI=1S/C14H26N2O5/c1-20-8-4-6-12(13(17)18)15-14(19)16-7-3-5-11(9-16)10-21-2/h11-12H,3-10H2,1-2H3,(H,15,19)(H,17,18).